The van der Waals surface area contributed by atoms with Crippen molar-refractivity contribution in [3.63, 3.8) is 0 Å². The normalized spacial score (nSPS) is 20.6. The molecule has 3 aliphatic rings. The Labute approximate surface area is 212 Å². The molecule has 188 valence electrons. The number of Topliss-reactive ketones (excluding diaryl/α,β-unsaturated/α-hetero) is 1. The van der Waals surface area contributed by atoms with E-state index in [9.17, 15) is 9.59 Å². The van der Waals surface area contributed by atoms with Gasteiger partial charge in [-0.05, 0) is 51.0 Å². The van der Waals surface area contributed by atoms with Crippen molar-refractivity contribution < 1.29 is 9.59 Å². The number of hydrogen-bond donors (Lipinski definition) is 0. The number of ketones is 1. The molecule has 3 fully saturated rings. The molecular weight excluding hydrogens is 450 g/mol. The smallest absolute Gasteiger partial charge is 0.272 e. The van der Waals surface area contributed by atoms with Crippen molar-refractivity contribution in [1.29, 1.82) is 0 Å². The fourth-order valence-electron chi connectivity index (χ4n) is 5.65. The van der Waals surface area contributed by atoms with E-state index in [4.69, 9.17) is 10.1 Å². The van der Waals surface area contributed by atoms with Crippen molar-refractivity contribution >= 4 is 23.2 Å². The quantitative estimate of drug-likeness (QED) is 0.496. The first-order valence-corrected chi connectivity index (χ1v) is 13.7. The van der Waals surface area contributed by atoms with E-state index in [-0.39, 0.29) is 17.9 Å². The second kappa shape index (κ2) is 9.68. The molecule has 3 aromatic rings. The Bertz CT molecular complexity index is 1270. The Morgan fingerprint density at radius 2 is 1.67 bits per heavy atom. The summed E-state index contributed by atoms with van der Waals surface area (Å²) < 4.78 is 1.90. The van der Waals surface area contributed by atoms with Crippen LogP contribution in [0.2, 0.25) is 0 Å². The van der Waals surface area contributed by atoms with Gasteiger partial charge in [0.15, 0.2) is 5.65 Å². The van der Waals surface area contributed by atoms with Gasteiger partial charge in [0.25, 0.3) is 5.91 Å². The first-order chi connectivity index (χ1) is 17.6. The topological polar surface area (TPSA) is 70.8 Å². The highest BCUT2D eigenvalue weighted by Crippen LogP contribution is 2.31. The third-order valence-corrected chi connectivity index (χ3v) is 8.03. The predicted molar refractivity (Wildman–Crippen MR) is 140 cm³/mol. The Balaban J connectivity index is 1.33. The van der Waals surface area contributed by atoms with Gasteiger partial charge >= 0.3 is 0 Å². The highest BCUT2D eigenvalue weighted by Gasteiger charge is 2.29. The van der Waals surface area contributed by atoms with Crippen LogP contribution in [-0.2, 0) is 11.2 Å². The molecule has 36 heavy (non-hydrogen) atoms. The maximum absolute atomic E-state index is 13.6. The van der Waals surface area contributed by atoms with E-state index in [1.54, 1.807) is 0 Å². The third-order valence-electron chi connectivity index (χ3n) is 8.03. The standard InChI is InChI=1S/C29H35N5O2/c1-20-7-3-2-4-16-33(20)29(36)25-19-28(32-14-5-6-15-32)34-27(30-25)18-24(31-34)22-10-8-21(9-11-22)17-26(35)23-12-13-23/h8-11,18-20,23H,2-7,12-17H2,1H3. The Kier molecular flexibility index (Phi) is 6.23. The van der Waals surface area contributed by atoms with Crippen LogP contribution in [0.25, 0.3) is 16.9 Å². The molecule has 7 nitrogen and oxygen atoms in total. The minimum Gasteiger partial charge on any atom is -0.356 e. The van der Waals surface area contributed by atoms with Crippen molar-refractivity contribution in [2.24, 2.45) is 5.92 Å². The molecule has 1 amide bonds. The van der Waals surface area contributed by atoms with Crippen molar-refractivity contribution in [2.75, 3.05) is 24.5 Å². The van der Waals surface area contributed by atoms with Gasteiger partial charge in [0, 0.05) is 55.7 Å². The zero-order valence-electron chi connectivity index (χ0n) is 21.2. The zero-order chi connectivity index (χ0) is 24.6. The SMILES string of the molecule is CC1CCCCCN1C(=O)c1cc(N2CCCC2)n2nc(-c3ccc(CC(=O)C4CC4)cc3)cc2n1. The number of nitrogens with zero attached hydrogens (tertiary/aromatic N) is 5. The summed E-state index contributed by atoms with van der Waals surface area (Å²) in [7, 11) is 0. The number of carbonyl (C=O) groups excluding carboxylic acids is 2. The minimum atomic E-state index is 0.0276. The van der Waals surface area contributed by atoms with Gasteiger partial charge < -0.3 is 9.80 Å². The molecule has 1 aliphatic carbocycles. The molecule has 6 rings (SSSR count). The van der Waals surface area contributed by atoms with Crippen LogP contribution in [0.15, 0.2) is 36.4 Å². The van der Waals surface area contributed by atoms with E-state index in [0.717, 1.165) is 80.8 Å². The van der Waals surface area contributed by atoms with Crippen molar-refractivity contribution in [3.8, 4) is 11.3 Å². The van der Waals surface area contributed by atoms with Gasteiger partial charge in [0.1, 0.15) is 17.3 Å². The molecule has 4 heterocycles. The van der Waals surface area contributed by atoms with Crippen LogP contribution in [-0.4, -0.2) is 56.9 Å². The minimum absolute atomic E-state index is 0.0276. The fraction of sp³-hybridized carbons (Fsp3) is 0.517. The first-order valence-electron chi connectivity index (χ1n) is 13.7. The molecule has 1 unspecified atom stereocenters. The molecule has 1 saturated carbocycles. The molecule has 2 saturated heterocycles. The molecule has 0 N–H and O–H groups in total. The molecule has 0 spiro atoms. The summed E-state index contributed by atoms with van der Waals surface area (Å²) in [5.74, 6) is 1.61. The van der Waals surface area contributed by atoms with E-state index in [1.165, 1.54) is 12.8 Å². The third kappa shape index (κ3) is 4.63. The van der Waals surface area contributed by atoms with Gasteiger partial charge in [0.2, 0.25) is 0 Å². The lowest BCUT2D eigenvalue weighted by molar-refractivity contribution is -0.119. The molecule has 7 heteroatoms. The van der Waals surface area contributed by atoms with Gasteiger partial charge in [-0.3, -0.25) is 9.59 Å². The van der Waals surface area contributed by atoms with Crippen LogP contribution in [0.3, 0.4) is 0 Å². The number of aromatic nitrogens is 3. The van der Waals surface area contributed by atoms with Gasteiger partial charge in [0.05, 0.1) is 5.69 Å². The molecular formula is C29H35N5O2. The largest absolute Gasteiger partial charge is 0.356 e. The summed E-state index contributed by atoms with van der Waals surface area (Å²) in [5, 5.41) is 4.92. The van der Waals surface area contributed by atoms with E-state index in [2.05, 4.69) is 11.8 Å². The number of rotatable bonds is 6. The van der Waals surface area contributed by atoms with Crippen molar-refractivity contribution in [2.45, 2.75) is 70.8 Å². The van der Waals surface area contributed by atoms with Crippen LogP contribution in [0.1, 0.15) is 74.3 Å². The fourth-order valence-corrected chi connectivity index (χ4v) is 5.65. The van der Waals surface area contributed by atoms with Crippen molar-refractivity contribution in [3.05, 3.63) is 47.7 Å². The highest BCUT2D eigenvalue weighted by atomic mass is 16.2. The number of fused-ring (bicyclic) bond motifs is 1. The number of anilines is 1. The monoisotopic (exact) mass is 485 g/mol. The predicted octanol–water partition coefficient (Wildman–Crippen LogP) is 4.92. The summed E-state index contributed by atoms with van der Waals surface area (Å²) in [6.07, 6.45) is 9.35. The highest BCUT2D eigenvalue weighted by molar-refractivity contribution is 5.94. The average Bonchev–Trinajstić information content (AvgIpc) is 3.50. The Morgan fingerprint density at radius 1 is 0.917 bits per heavy atom. The van der Waals surface area contributed by atoms with Gasteiger partial charge in [-0.25, -0.2) is 4.98 Å². The lowest BCUT2D eigenvalue weighted by atomic mass is 10.0. The van der Waals surface area contributed by atoms with Crippen LogP contribution < -0.4 is 4.90 Å². The van der Waals surface area contributed by atoms with Gasteiger partial charge in [-0.15, -0.1) is 0 Å². The second-order valence-electron chi connectivity index (χ2n) is 10.8. The van der Waals surface area contributed by atoms with Crippen LogP contribution in [0, 0.1) is 5.92 Å². The molecule has 1 atom stereocenters. The number of hydrogen-bond acceptors (Lipinski definition) is 5. The molecule has 1 aromatic carbocycles. The lowest BCUT2D eigenvalue weighted by Crippen LogP contribution is -2.39. The maximum atomic E-state index is 13.6. The van der Waals surface area contributed by atoms with Gasteiger partial charge in [-0.1, -0.05) is 37.1 Å². The van der Waals surface area contributed by atoms with E-state index >= 15 is 0 Å². The molecule has 2 aliphatic heterocycles. The Hall–Kier alpha value is -3.22. The lowest BCUT2D eigenvalue weighted by Gasteiger charge is -2.27. The Morgan fingerprint density at radius 3 is 2.42 bits per heavy atom. The number of likely N-dealkylation sites (tertiary alicyclic amines) is 1. The van der Waals surface area contributed by atoms with Gasteiger partial charge in [-0.2, -0.15) is 9.61 Å². The average molecular weight is 486 g/mol. The summed E-state index contributed by atoms with van der Waals surface area (Å²) in [5.41, 5.74) is 4.08. The van der Waals surface area contributed by atoms with E-state index in [0.29, 0.717) is 23.5 Å². The van der Waals surface area contributed by atoms with E-state index < -0.39 is 0 Å². The summed E-state index contributed by atoms with van der Waals surface area (Å²) in [6, 6.07) is 12.3. The number of benzene rings is 1. The molecule has 0 bridgehead atoms. The summed E-state index contributed by atoms with van der Waals surface area (Å²) in [6.45, 7) is 4.88. The van der Waals surface area contributed by atoms with E-state index in [1.807, 2.05) is 45.8 Å². The number of carbonyl (C=O) groups is 2. The summed E-state index contributed by atoms with van der Waals surface area (Å²) >= 11 is 0. The maximum Gasteiger partial charge on any atom is 0.272 e. The molecule has 0 radical (unpaired) electrons. The van der Waals surface area contributed by atoms with Crippen LogP contribution in [0.5, 0.6) is 0 Å². The molecule has 2 aromatic heterocycles. The van der Waals surface area contributed by atoms with Crippen LogP contribution >= 0.6 is 0 Å². The van der Waals surface area contributed by atoms with Crippen molar-refractivity contribution in [1.82, 2.24) is 19.5 Å². The first kappa shape index (κ1) is 23.2. The second-order valence-corrected chi connectivity index (χ2v) is 10.8. The zero-order valence-corrected chi connectivity index (χ0v) is 21.2. The van der Waals surface area contributed by atoms with Crippen LogP contribution in [0.4, 0.5) is 5.82 Å². The number of amides is 1. The summed E-state index contributed by atoms with van der Waals surface area (Å²) in [4.78, 5) is 35.0.